The summed E-state index contributed by atoms with van der Waals surface area (Å²) < 4.78 is 12.3. The molecule has 1 N–H and O–H groups in total. The van der Waals surface area contributed by atoms with Crippen molar-refractivity contribution in [3.05, 3.63) is 12.4 Å². The highest BCUT2D eigenvalue weighted by atomic mass is 16.7. The highest BCUT2D eigenvalue weighted by Crippen LogP contribution is 2.13. The van der Waals surface area contributed by atoms with Crippen molar-refractivity contribution >= 4 is 5.69 Å². The van der Waals surface area contributed by atoms with Crippen LogP contribution >= 0.6 is 0 Å². The van der Waals surface area contributed by atoms with E-state index in [2.05, 4.69) is 24.3 Å². The molecule has 0 aliphatic rings. The maximum absolute atomic E-state index is 5.18. The number of hydrogen-bond donors (Lipinski definition) is 1. The minimum atomic E-state index is -0.262. The average Bonchev–Trinajstić information content (AvgIpc) is 2.68. The van der Waals surface area contributed by atoms with Gasteiger partial charge in [-0.25, -0.2) is 0 Å². The Bertz CT molecular complexity index is 308. The predicted molar refractivity (Wildman–Crippen MR) is 63.5 cm³/mol. The standard InChI is InChI=1S/C11H21N3O2/c1-8(2)14-7-10(6-12-14)13-9(3)11(15-4)16-5/h6-9,11,13H,1-5H3. The smallest absolute Gasteiger partial charge is 0.176 e. The molecule has 0 aromatic carbocycles. The molecule has 0 saturated heterocycles. The summed E-state index contributed by atoms with van der Waals surface area (Å²) in [6, 6.07) is 0.436. The first-order valence-corrected chi connectivity index (χ1v) is 5.44. The van der Waals surface area contributed by atoms with Gasteiger partial charge in [0.1, 0.15) is 0 Å². The van der Waals surface area contributed by atoms with Gasteiger partial charge < -0.3 is 14.8 Å². The summed E-state index contributed by atoms with van der Waals surface area (Å²) in [6.45, 7) is 6.19. The van der Waals surface area contributed by atoms with Crippen molar-refractivity contribution < 1.29 is 9.47 Å². The first-order valence-electron chi connectivity index (χ1n) is 5.44. The van der Waals surface area contributed by atoms with Gasteiger partial charge in [0, 0.05) is 26.5 Å². The topological polar surface area (TPSA) is 48.3 Å². The van der Waals surface area contributed by atoms with Crippen LogP contribution in [0.1, 0.15) is 26.8 Å². The fraction of sp³-hybridized carbons (Fsp3) is 0.727. The van der Waals surface area contributed by atoms with Gasteiger partial charge in [0.25, 0.3) is 0 Å². The molecule has 1 aromatic heterocycles. The Balaban J connectivity index is 2.58. The van der Waals surface area contributed by atoms with Crippen LogP contribution in [-0.2, 0) is 9.47 Å². The van der Waals surface area contributed by atoms with Crippen molar-refractivity contribution in [3.63, 3.8) is 0 Å². The van der Waals surface area contributed by atoms with E-state index in [4.69, 9.17) is 9.47 Å². The Morgan fingerprint density at radius 2 is 1.88 bits per heavy atom. The number of nitrogens with zero attached hydrogens (tertiary/aromatic N) is 2. The van der Waals surface area contributed by atoms with E-state index in [0.717, 1.165) is 5.69 Å². The van der Waals surface area contributed by atoms with Crippen molar-refractivity contribution in [1.29, 1.82) is 0 Å². The number of rotatable bonds is 6. The van der Waals surface area contributed by atoms with Crippen LogP contribution in [0.3, 0.4) is 0 Å². The molecule has 0 amide bonds. The molecule has 0 spiro atoms. The molecule has 0 aliphatic carbocycles. The van der Waals surface area contributed by atoms with Crippen LogP contribution in [0.5, 0.6) is 0 Å². The molecular weight excluding hydrogens is 206 g/mol. The summed E-state index contributed by atoms with van der Waals surface area (Å²) in [5.41, 5.74) is 0.973. The van der Waals surface area contributed by atoms with Gasteiger partial charge in [0.05, 0.1) is 17.9 Å². The SMILES string of the molecule is COC(OC)C(C)Nc1cnn(C(C)C)c1. The summed E-state index contributed by atoms with van der Waals surface area (Å²) in [5, 5.41) is 7.54. The number of methoxy groups -OCH3 is 2. The van der Waals surface area contributed by atoms with E-state index >= 15 is 0 Å². The van der Waals surface area contributed by atoms with E-state index < -0.39 is 0 Å². The third-order valence-corrected chi connectivity index (χ3v) is 2.40. The van der Waals surface area contributed by atoms with E-state index in [9.17, 15) is 0 Å². The summed E-state index contributed by atoms with van der Waals surface area (Å²) in [4.78, 5) is 0. The van der Waals surface area contributed by atoms with Crippen molar-refractivity contribution in [2.75, 3.05) is 19.5 Å². The normalized spacial score (nSPS) is 13.4. The maximum Gasteiger partial charge on any atom is 0.176 e. The lowest BCUT2D eigenvalue weighted by atomic mass is 10.3. The zero-order chi connectivity index (χ0) is 12.1. The van der Waals surface area contributed by atoms with Gasteiger partial charge in [-0.1, -0.05) is 0 Å². The maximum atomic E-state index is 5.18. The quantitative estimate of drug-likeness (QED) is 0.754. The monoisotopic (exact) mass is 227 g/mol. The van der Waals surface area contributed by atoms with Crippen molar-refractivity contribution in [3.8, 4) is 0 Å². The number of hydrogen-bond acceptors (Lipinski definition) is 4. The first kappa shape index (κ1) is 13.0. The minimum Gasteiger partial charge on any atom is -0.375 e. The second kappa shape index (κ2) is 5.86. The van der Waals surface area contributed by atoms with Crippen LogP contribution in [0, 0.1) is 0 Å². The molecule has 1 rings (SSSR count). The molecule has 92 valence electrons. The van der Waals surface area contributed by atoms with Crippen LogP contribution < -0.4 is 5.32 Å². The van der Waals surface area contributed by atoms with E-state index in [-0.39, 0.29) is 12.3 Å². The van der Waals surface area contributed by atoms with Crippen LogP contribution in [-0.4, -0.2) is 36.3 Å². The van der Waals surface area contributed by atoms with Gasteiger partial charge in [-0.15, -0.1) is 0 Å². The fourth-order valence-corrected chi connectivity index (χ4v) is 1.53. The molecule has 1 atom stereocenters. The second-order valence-electron chi connectivity index (χ2n) is 4.08. The Kier molecular flexibility index (Phi) is 4.76. The molecule has 0 aliphatic heterocycles. The molecule has 5 heteroatoms. The predicted octanol–water partition coefficient (Wildman–Crippen LogP) is 1.88. The molecule has 0 bridgehead atoms. The first-order chi connectivity index (χ1) is 7.58. The Morgan fingerprint density at radius 3 is 2.31 bits per heavy atom. The van der Waals surface area contributed by atoms with Crippen molar-refractivity contribution in [1.82, 2.24) is 9.78 Å². The van der Waals surface area contributed by atoms with Crippen molar-refractivity contribution in [2.45, 2.75) is 39.1 Å². The Morgan fingerprint density at radius 1 is 1.25 bits per heavy atom. The van der Waals surface area contributed by atoms with Crippen molar-refractivity contribution in [2.24, 2.45) is 0 Å². The van der Waals surface area contributed by atoms with Gasteiger partial charge in [0.2, 0.25) is 0 Å². The summed E-state index contributed by atoms with van der Waals surface area (Å²) in [7, 11) is 3.26. The lowest BCUT2D eigenvalue weighted by Gasteiger charge is -2.22. The molecule has 16 heavy (non-hydrogen) atoms. The Labute approximate surface area is 96.7 Å². The van der Waals surface area contributed by atoms with Gasteiger partial charge in [-0.05, 0) is 20.8 Å². The number of aromatic nitrogens is 2. The number of ether oxygens (including phenoxy) is 2. The molecule has 5 nitrogen and oxygen atoms in total. The highest BCUT2D eigenvalue weighted by Gasteiger charge is 2.16. The molecule has 0 saturated carbocycles. The minimum absolute atomic E-state index is 0.0693. The van der Waals surface area contributed by atoms with E-state index in [1.807, 2.05) is 17.8 Å². The third kappa shape index (κ3) is 3.21. The summed E-state index contributed by atoms with van der Waals surface area (Å²) in [6.07, 6.45) is 3.52. The number of anilines is 1. The zero-order valence-corrected chi connectivity index (χ0v) is 10.6. The van der Waals surface area contributed by atoms with Crippen LogP contribution in [0.25, 0.3) is 0 Å². The van der Waals surface area contributed by atoms with Crippen LogP contribution in [0.2, 0.25) is 0 Å². The van der Waals surface area contributed by atoms with Gasteiger partial charge >= 0.3 is 0 Å². The van der Waals surface area contributed by atoms with E-state index in [0.29, 0.717) is 6.04 Å². The summed E-state index contributed by atoms with van der Waals surface area (Å²) >= 11 is 0. The van der Waals surface area contributed by atoms with Gasteiger partial charge in [0.15, 0.2) is 6.29 Å². The largest absolute Gasteiger partial charge is 0.375 e. The molecule has 1 unspecified atom stereocenters. The molecule has 1 heterocycles. The lowest BCUT2D eigenvalue weighted by molar-refractivity contribution is -0.109. The number of nitrogens with one attached hydrogen (secondary N) is 1. The Hall–Kier alpha value is -1.07. The van der Waals surface area contributed by atoms with E-state index in [1.165, 1.54) is 0 Å². The second-order valence-corrected chi connectivity index (χ2v) is 4.08. The van der Waals surface area contributed by atoms with Crippen LogP contribution in [0.15, 0.2) is 12.4 Å². The average molecular weight is 227 g/mol. The highest BCUT2D eigenvalue weighted by molar-refractivity contribution is 5.39. The van der Waals surface area contributed by atoms with Gasteiger partial charge in [-0.3, -0.25) is 4.68 Å². The fourth-order valence-electron chi connectivity index (χ4n) is 1.53. The summed E-state index contributed by atoms with van der Waals surface area (Å²) in [5.74, 6) is 0. The lowest BCUT2D eigenvalue weighted by Crippen LogP contribution is -2.33. The molecule has 1 aromatic rings. The van der Waals surface area contributed by atoms with Gasteiger partial charge in [-0.2, -0.15) is 5.10 Å². The third-order valence-electron chi connectivity index (χ3n) is 2.40. The molecular formula is C11H21N3O2. The van der Waals surface area contributed by atoms with Crippen LogP contribution in [0.4, 0.5) is 5.69 Å². The molecule has 0 fully saturated rings. The molecule has 0 radical (unpaired) electrons. The van der Waals surface area contributed by atoms with E-state index in [1.54, 1.807) is 20.4 Å². The zero-order valence-electron chi connectivity index (χ0n) is 10.6.